The van der Waals surface area contributed by atoms with Crippen LogP contribution in [0.4, 0.5) is 22.7 Å². The minimum absolute atomic E-state index is 0.00330. The van der Waals surface area contributed by atoms with Crippen LogP contribution in [0.25, 0.3) is 0 Å². The highest BCUT2D eigenvalue weighted by atomic mass is 16.6. The molecule has 2 atom stereocenters. The lowest BCUT2D eigenvalue weighted by Crippen LogP contribution is -2.40. The molecule has 0 radical (unpaired) electrons. The van der Waals surface area contributed by atoms with Gasteiger partial charge in [-0.3, -0.25) is 25.7 Å². The smallest absolute Gasteiger partial charge is 0.270 e. The zero-order chi connectivity index (χ0) is 21.0. The molecule has 0 aliphatic carbocycles. The van der Waals surface area contributed by atoms with E-state index in [1.807, 2.05) is 0 Å². The number of hydrogen-bond acceptors (Lipinski definition) is 7. The molecule has 29 heavy (non-hydrogen) atoms. The van der Waals surface area contributed by atoms with Gasteiger partial charge in [-0.25, -0.2) is 0 Å². The van der Waals surface area contributed by atoms with Gasteiger partial charge in [0.1, 0.15) is 0 Å². The lowest BCUT2D eigenvalue weighted by Gasteiger charge is -2.39. The van der Waals surface area contributed by atoms with E-state index in [0.717, 1.165) is 25.1 Å². The number of hydrazone groups is 1. The molecule has 9 nitrogen and oxygen atoms in total. The highest BCUT2D eigenvalue weighted by molar-refractivity contribution is 5.89. The number of nitro benzene ring substituents is 2. The van der Waals surface area contributed by atoms with E-state index in [1.165, 1.54) is 24.3 Å². The molecule has 0 saturated carbocycles. The van der Waals surface area contributed by atoms with Crippen molar-refractivity contribution >= 4 is 29.0 Å². The Bertz CT molecular complexity index is 929. The lowest BCUT2D eigenvalue weighted by atomic mass is 9.92. The number of hydrogen-bond donors (Lipinski definition) is 1. The number of nitrogens with one attached hydrogen (secondary N) is 1. The molecular weight excluding hydrogens is 374 g/mol. The molecule has 1 N–H and O–H groups in total. The Balaban J connectivity index is 1.83. The number of anilines is 2. The van der Waals surface area contributed by atoms with Gasteiger partial charge in [0.15, 0.2) is 0 Å². The monoisotopic (exact) mass is 397 g/mol. The fraction of sp³-hybridized carbons (Fsp3) is 0.350. The van der Waals surface area contributed by atoms with Gasteiger partial charge in [0, 0.05) is 48.1 Å². The maximum atomic E-state index is 11.2. The van der Waals surface area contributed by atoms with Gasteiger partial charge in [0.2, 0.25) is 0 Å². The fourth-order valence-corrected chi connectivity index (χ4v) is 3.62. The molecule has 2 aromatic rings. The summed E-state index contributed by atoms with van der Waals surface area (Å²) in [5, 5.41) is 26.1. The van der Waals surface area contributed by atoms with Crippen molar-refractivity contribution in [3.63, 3.8) is 0 Å². The van der Waals surface area contributed by atoms with Crippen molar-refractivity contribution in [1.82, 2.24) is 0 Å². The Kier molecular flexibility index (Phi) is 6.06. The summed E-state index contributed by atoms with van der Waals surface area (Å²) >= 11 is 0. The highest BCUT2D eigenvalue weighted by Gasteiger charge is 2.25. The van der Waals surface area contributed by atoms with Crippen LogP contribution in [0.15, 0.2) is 47.6 Å². The maximum absolute atomic E-state index is 11.2. The van der Waals surface area contributed by atoms with Gasteiger partial charge in [0.25, 0.3) is 11.4 Å². The Morgan fingerprint density at radius 2 is 1.72 bits per heavy atom. The number of non-ortho nitro benzene ring substituents is 2. The first-order valence-electron chi connectivity index (χ1n) is 9.43. The van der Waals surface area contributed by atoms with Gasteiger partial charge in [0.05, 0.1) is 21.7 Å². The third-order valence-corrected chi connectivity index (χ3v) is 5.15. The second kappa shape index (κ2) is 8.68. The molecular formula is C20H23N5O4. The first-order chi connectivity index (χ1) is 13.8. The van der Waals surface area contributed by atoms with Crippen molar-refractivity contribution in [1.29, 1.82) is 0 Å². The molecule has 0 spiro atoms. The van der Waals surface area contributed by atoms with Gasteiger partial charge in [-0.1, -0.05) is 6.92 Å². The van der Waals surface area contributed by atoms with Crippen molar-refractivity contribution in [2.45, 2.75) is 32.7 Å². The summed E-state index contributed by atoms with van der Waals surface area (Å²) in [6, 6.07) is 11.0. The average molecular weight is 397 g/mol. The van der Waals surface area contributed by atoms with Crippen molar-refractivity contribution in [2.24, 2.45) is 11.0 Å². The van der Waals surface area contributed by atoms with Crippen molar-refractivity contribution in [3.8, 4) is 0 Å². The van der Waals surface area contributed by atoms with Gasteiger partial charge < -0.3 is 4.90 Å². The van der Waals surface area contributed by atoms with Gasteiger partial charge in [-0.2, -0.15) is 5.10 Å². The van der Waals surface area contributed by atoms with E-state index in [1.54, 1.807) is 24.4 Å². The molecule has 2 aromatic carbocycles. The molecule has 0 aromatic heterocycles. The minimum atomic E-state index is -0.469. The van der Waals surface area contributed by atoms with Crippen molar-refractivity contribution in [2.75, 3.05) is 16.9 Å². The third kappa shape index (κ3) is 4.87. The third-order valence-electron chi connectivity index (χ3n) is 5.15. The SMILES string of the molecule is C[C@H]1CCN(c2ccc([N+](=O)[O-])cc2C=NNc2ccc([N+](=O)[O-])cc2)[C@H](C)C1. The Morgan fingerprint density at radius 1 is 1.07 bits per heavy atom. The van der Waals surface area contributed by atoms with Crippen LogP contribution in [0.2, 0.25) is 0 Å². The highest BCUT2D eigenvalue weighted by Crippen LogP contribution is 2.31. The summed E-state index contributed by atoms with van der Waals surface area (Å²) in [6.45, 7) is 5.28. The second-order valence-electron chi connectivity index (χ2n) is 7.35. The quantitative estimate of drug-likeness (QED) is 0.434. The largest absolute Gasteiger partial charge is 0.368 e. The standard InChI is InChI=1S/C20H23N5O4/c1-14-9-10-23(15(2)11-14)20-8-7-19(25(28)29)12-16(20)13-21-22-17-3-5-18(6-4-17)24(26)27/h3-8,12-15,22H,9-11H2,1-2H3/t14-,15+/m0/s1. The van der Waals surface area contributed by atoms with Crippen LogP contribution < -0.4 is 10.3 Å². The summed E-state index contributed by atoms with van der Waals surface area (Å²) in [5.41, 5.74) is 4.95. The Morgan fingerprint density at radius 3 is 2.34 bits per heavy atom. The van der Waals surface area contributed by atoms with Crippen LogP contribution in [-0.2, 0) is 0 Å². The predicted molar refractivity (Wildman–Crippen MR) is 113 cm³/mol. The maximum Gasteiger partial charge on any atom is 0.270 e. The molecule has 0 amide bonds. The normalized spacial score (nSPS) is 19.3. The van der Waals surface area contributed by atoms with Crippen LogP contribution in [0.3, 0.4) is 0 Å². The van der Waals surface area contributed by atoms with E-state index < -0.39 is 9.85 Å². The molecule has 1 aliphatic rings. The summed E-state index contributed by atoms with van der Waals surface area (Å²) < 4.78 is 0. The van der Waals surface area contributed by atoms with Crippen LogP contribution in [0.1, 0.15) is 32.3 Å². The van der Waals surface area contributed by atoms with Gasteiger partial charge in [-0.05, 0) is 43.9 Å². The Hall–Kier alpha value is -3.49. The first-order valence-corrected chi connectivity index (χ1v) is 9.43. The van der Waals surface area contributed by atoms with E-state index in [-0.39, 0.29) is 11.4 Å². The van der Waals surface area contributed by atoms with E-state index in [9.17, 15) is 20.2 Å². The molecule has 9 heteroatoms. The summed E-state index contributed by atoms with van der Waals surface area (Å²) in [7, 11) is 0. The van der Waals surface area contributed by atoms with Crippen molar-refractivity contribution < 1.29 is 9.85 Å². The van der Waals surface area contributed by atoms with E-state index in [4.69, 9.17) is 0 Å². The molecule has 1 saturated heterocycles. The zero-order valence-electron chi connectivity index (χ0n) is 16.3. The topological polar surface area (TPSA) is 114 Å². The van der Waals surface area contributed by atoms with Crippen molar-refractivity contribution in [3.05, 3.63) is 68.3 Å². The number of nitro groups is 2. The molecule has 1 heterocycles. The summed E-state index contributed by atoms with van der Waals surface area (Å²) in [6.07, 6.45) is 3.68. The average Bonchev–Trinajstić information content (AvgIpc) is 2.68. The van der Waals surface area contributed by atoms with Gasteiger partial charge in [-0.15, -0.1) is 0 Å². The summed E-state index contributed by atoms with van der Waals surface area (Å²) in [4.78, 5) is 23.3. The van der Waals surface area contributed by atoms with Gasteiger partial charge >= 0.3 is 0 Å². The molecule has 1 aliphatic heterocycles. The lowest BCUT2D eigenvalue weighted by molar-refractivity contribution is -0.385. The second-order valence-corrected chi connectivity index (χ2v) is 7.35. The molecule has 3 rings (SSSR count). The fourth-order valence-electron chi connectivity index (χ4n) is 3.62. The van der Waals surface area contributed by atoms with E-state index >= 15 is 0 Å². The van der Waals surface area contributed by atoms with E-state index in [0.29, 0.717) is 23.2 Å². The zero-order valence-corrected chi connectivity index (χ0v) is 16.3. The van der Waals surface area contributed by atoms with Crippen LogP contribution in [0, 0.1) is 26.1 Å². The summed E-state index contributed by atoms with van der Waals surface area (Å²) in [5.74, 6) is 0.653. The van der Waals surface area contributed by atoms with Crippen LogP contribution >= 0.6 is 0 Å². The predicted octanol–water partition coefficient (Wildman–Crippen LogP) is 4.57. The number of piperidine rings is 1. The molecule has 0 bridgehead atoms. The molecule has 152 valence electrons. The molecule has 1 fully saturated rings. The number of rotatable bonds is 6. The molecule has 0 unspecified atom stereocenters. The number of nitrogens with zero attached hydrogens (tertiary/aromatic N) is 4. The van der Waals surface area contributed by atoms with Crippen LogP contribution in [-0.4, -0.2) is 28.6 Å². The number of benzene rings is 2. The van der Waals surface area contributed by atoms with Crippen LogP contribution in [0.5, 0.6) is 0 Å². The minimum Gasteiger partial charge on any atom is -0.368 e. The Labute approximate surface area is 168 Å². The first kappa shape index (κ1) is 20.2. The van der Waals surface area contributed by atoms with E-state index in [2.05, 4.69) is 29.3 Å².